The number of hydrogen-bond donors (Lipinski definition) is 0. The standard InChI is InChI=1S/C22H17F3N2O2/c1-14-9-17(15-6-4-8-26-11-15)10-18-13-27(21(28)20(14)18)12-16-5-2-3-7-19(16)29-22(23,24)25/h2-11H,12-13H2,1H3. The van der Waals surface area contributed by atoms with E-state index in [9.17, 15) is 18.0 Å². The maximum atomic E-state index is 12.9. The summed E-state index contributed by atoms with van der Waals surface area (Å²) in [5, 5.41) is 0. The summed E-state index contributed by atoms with van der Waals surface area (Å²) in [7, 11) is 0. The second-order valence-corrected chi connectivity index (χ2v) is 6.89. The number of halogens is 3. The number of alkyl halides is 3. The molecule has 0 saturated heterocycles. The van der Waals surface area contributed by atoms with Crippen LogP contribution in [0, 0.1) is 6.92 Å². The zero-order valence-electron chi connectivity index (χ0n) is 15.5. The van der Waals surface area contributed by atoms with Gasteiger partial charge in [0.1, 0.15) is 5.75 Å². The zero-order valence-corrected chi connectivity index (χ0v) is 15.5. The summed E-state index contributed by atoms with van der Waals surface area (Å²) in [6.45, 7) is 2.21. The van der Waals surface area contributed by atoms with Gasteiger partial charge < -0.3 is 9.64 Å². The van der Waals surface area contributed by atoms with Crippen molar-refractivity contribution in [3.05, 3.63) is 83.2 Å². The maximum absolute atomic E-state index is 12.9. The Balaban J connectivity index is 1.62. The van der Waals surface area contributed by atoms with Crippen molar-refractivity contribution in [2.45, 2.75) is 26.4 Å². The molecule has 1 aliphatic heterocycles. The van der Waals surface area contributed by atoms with E-state index >= 15 is 0 Å². The Bertz CT molecular complexity index is 1070. The molecule has 2 heterocycles. The second kappa shape index (κ2) is 7.24. The van der Waals surface area contributed by atoms with Crippen molar-refractivity contribution in [3.63, 3.8) is 0 Å². The fourth-order valence-corrected chi connectivity index (χ4v) is 3.62. The van der Waals surface area contributed by atoms with Gasteiger partial charge in [-0.1, -0.05) is 30.3 Å². The van der Waals surface area contributed by atoms with E-state index in [1.165, 1.54) is 23.1 Å². The Hall–Kier alpha value is -3.35. The molecule has 2 aromatic carbocycles. The number of aryl methyl sites for hydroxylation is 1. The monoisotopic (exact) mass is 398 g/mol. The zero-order chi connectivity index (χ0) is 20.6. The minimum absolute atomic E-state index is 0.0292. The smallest absolute Gasteiger partial charge is 0.405 e. The summed E-state index contributed by atoms with van der Waals surface area (Å²) in [6, 6.07) is 13.5. The highest BCUT2D eigenvalue weighted by molar-refractivity contribution is 6.00. The number of carbonyl (C=O) groups is 1. The van der Waals surface area contributed by atoms with E-state index in [0.717, 1.165) is 22.3 Å². The molecule has 1 aliphatic rings. The van der Waals surface area contributed by atoms with Gasteiger partial charge in [0.05, 0.1) is 0 Å². The van der Waals surface area contributed by atoms with Crippen molar-refractivity contribution < 1.29 is 22.7 Å². The molecule has 148 valence electrons. The lowest BCUT2D eigenvalue weighted by atomic mass is 9.97. The van der Waals surface area contributed by atoms with E-state index in [4.69, 9.17) is 0 Å². The van der Waals surface area contributed by atoms with Gasteiger partial charge in [0.2, 0.25) is 0 Å². The van der Waals surface area contributed by atoms with Crippen molar-refractivity contribution in [2.75, 3.05) is 0 Å². The molecule has 0 fully saturated rings. The quantitative estimate of drug-likeness (QED) is 0.613. The topological polar surface area (TPSA) is 42.4 Å². The Morgan fingerprint density at radius 3 is 2.62 bits per heavy atom. The van der Waals surface area contributed by atoms with Gasteiger partial charge in [-0.2, -0.15) is 0 Å². The molecule has 0 atom stereocenters. The molecule has 1 amide bonds. The summed E-state index contributed by atoms with van der Waals surface area (Å²) in [5.74, 6) is -0.492. The number of ether oxygens (including phenoxy) is 1. The first-order chi connectivity index (χ1) is 13.8. The maximum Gasteiger partial charge on any atom is 0.573 e. The van der Waals surface area contributed by atoms with Crippen molar-refractivity contribution in [1.29, 1.82) is 0 Å². The molecule has 3 aromatic rings. The lowest BCUT2D eigenvalue weighted by Crippen LogP contribution is -2.25. The number of fused-ring (bicyclic) bond motifs is 1. The highest BCUT2D eigenvalue weighted by atomic mass is 19.4. The number of hydrogen-bond acceptors (Lipinski definition) is 3. The van der Waals surface area contributed by atoms with E-state index in [2.05, 4.69) is 9.72 Å². The Labute approximate surface area is 165 Å². The van der Waals surface area contributed by atoms with Crippen molar-refractivity contribution in [3.8, 4) is 16.9 Å². The summed E-state index contributed by atoms with van der Waals surface area (Å²) < 4.78 is 42.1. The van der Waals surface area contributed by atoms with Crippen LogP contribution in [0.5, 0.6) is 5.75 Å². The second-order valence-electron chi connectivity index (χ2n) is 6.89. The average Bonchev–Trinajstić information content (AvgIpc) is 2.99. The fraction of sp³-hybridized carbons (Fsp3) is 0.182. The number of rotatable bonds is 4. The van der Waals surface area contributed by atoms with Crippen molar-refractivity contribution >= 4 is 5.91 Å². The number of carbonyl (C=O) groups excluding carboxylic acids is 1. The molecule has 1 aromatic heterocycles. The van der Waals surface area contributed by atoms with Crippen molar-refractivity contribution in [2.24, 2.45) is 0 Å². The van der Waals surface area contributed by atoms with Gasteiger partial charge in [-0.25, -0.2) is 0 Å². The third kappa shape index (κ3) is 3.94. The van der Waals surface area contributed by atoms with Crippen LogP contribution in [0.15, 0.2) is 60.9 Å². The first-order valence-electron chi connectivity index (χ1n) is 8.98. The van der Waals surface area contributed by atoms with Crippen LogP contribution in [0.25, 0.3) is 11.1 Å². The Morgan fingerprint density at radius 2 is 1.90 bits per heavy atom. The fourth-order valence-electron chi connectivity index (χ4n) is 3.62. The van der Waals surface area contributed by atoms with Crippen LogP contribution in [0.2, 0.25) is 0 Å². The number of para-hydroxylation sites is 1. The first kappa shape index (κ1) is 19.0. The molecular weight excluding hydrogens is 381 g/mol. The minimum atomic E-state index is -4.79. The predicted octanol–water partition coefficient (Wildman–Crippen LogP) is 5.11. The van der Waals surface area contributed by atoms with Gasteiger partial charge in [0.15, 0.2) is 0 Å². The summed E-state index contributed by atoms with van der Waals surface area (Å²) in [5.41, 5.74) is 4.47. The van der Waals surface area contributed by atoms with Crippen LogP contribution in [0.1, 0.15) is 27.0 Å². The van der Waals surface area contributed by atoms with Crippen LogP contribution in [-0.2, 0) is 13.1 Å². The third-order valence-electron chi connectivity index (χ3n) is 4.83. The summed E-state index contributed by atoms with van der Waals surface area (Å²) in [6.07, 6.45) is -1.35. The SMILES string of the molecule is Cc1cc(-c2cccnc2)cc2c1C(=O)N(Cc1ccccc1OC(F)(F)F)C2. The average molecular weight is 398 g/mol. The lowest BCUT2D eigenvalue weighted by Gasteiger charge is -2.19. The lowest BCUT2D eigenvalue weighted by molar-refractivity contribution is -0.275. The molecule has 0 N–H and O–H groups in total. The van der Waals surface area contributed by atoms with Crippen LogP contribution < -0.4 is 4.74 Å². The molecule has 4 rings (SSSR count). The highest BCUT2D eigenvalue weighted by Gasteiger charge is 2.34. The van der Waals surface area contributed by atoms with Crippen LogP contribution in [0.3, 0.4) is 0 Å². The largest absolute Gasteiger partial charge is 0.573 e. The van der Waals surface area contributed by atoms with E-state index in [-0.39, 0.29) is 18.2 Å². The Morgan fingerprint density at radius 1 is 1.10 bits per heavy atom. The van der Waals surface area contributed by atoms with Crippen LogP contribution in [0.4, 0.5) is 13.2 Å². The molecule has 7 heteroatoms. The predicted molar refractivity (Wildman–Crippen MR) is 101 cm³/mol. The van der Waals surface area contributed by atoms with E-state index < -0.39 is 6.36 Å². The molecule has 0 unspecified atom stereocenters. The van der Waals surface area contributed by atoms with E-state index in [1.54, 1.807) is 18.5 Å². The van der Waals surface area contributed by atoms with Gasteiger partial charge >= 0.3 is 6.36 Å². The molecule has 0 aliphatic carbocycles. The minimum Gasteiger partial charge on any atom is -0.405 e. The van der Waals surface area contributed by atoms with Gasteiger partial charge in [-0.15, -0.1) is 13.2 Å². The number of benzene rings is 2. The van der Waals surface area contributed by atoms with Gasteiger partial charge in [-0.05, 0) is 41.8 Å². The van der Waals surface area contributed by atoms with Gasteiger partial charge in [0.25, 0.3) is 5.91 Å². The van der Waals surface area contributed by atoms with Crippen LogP contribution in [-0.4, -0.2) is 22.2 Å². The van der Waals surface area contributed by atoms with Gasteiger partial charge in [-0.3, -0.25) is 9.78 Å². The number of pyridine rings is 1. The third-order valence-corrected chi connectivity index (χ3v) is 4.83. The normalized spacial score (nSPS) is 13.5. The summed E-state index contributed by atoms with van der Waals surface area (Å²) in [4.78, 5) is 18.6. The molecule has 0 spiro atoms. The molecule has 0 bridgehead atoms. The highest BCUT2D eigenvalue weighted by Crippen LogP contribution is 2.34. The molecule has 29 heavy (non-hydrogen) atoms. The molecule has 0 saturated carbocycles. The number of nitrogens with zero attached hydrogens (tertiary/aromatic N) is 2. The number of amides is 1. The van der Waals surface area contributed by atoms with Gasteiger partial charge in [0, 0.05) is 42.2 Å². The molecule has 4 nitrogen and oxygen atoms in total. The number of aromatic nitrogens is 1. The summed E-state index contributed by atoms with van der Waals surface area (Å²) >= 11 is 0. The molecular formula is C22H17F3N2O2. The van der Waals surface area contributed by atoms with E-state index in [1.807, 2.05) is 31.2 Å². The van der Waals surface area contributed by atoms with Crippen LogP contribution >= 0.6 is 0 Å². The molecule has 0 radical (unpaired) electrons. The van der Waals surface area contributed by atoms with E-state index in [0.29, 0.717) is 17.7 Å². The first-order valence-corrected chi connectivity index (χ1v) is 8.98. The van der Waals surface area contributed by atoms with Crippen molar-refractivity contribution in [1.82, 2.24) is 9.88 Å². The Kier molecular flexibility index (Phi) is 4.74.